The van der Waals surface area contributed by atoms with Crippen molar-refractivity contribution in [3.05, 3.63) is 86.6 Å². The fraction of sp³-hybridized carbons (Fsp3) is 0.0476. The number of Topliss-reactive ketones (excluding diaryl/α,β-unsaturated/α-hetero) is 1. The highest BCUT2D eigenvalue weighted by Gasteiger charge is 2.15. The third kappa shape index (κ3) is 3.63. The van der Waals surface area contributed by atoms with Crippen molar-refractivity contribution in [1.82, 2.24) is 9.97 Å². The number of imidazole rings is 1. The molecule has 0 saturated carbocycles. The van der Waals surface area contributed by atoms with Crippen molar-refractivity contribution in [1.29, 1.82) is 0 Å². The van der Waals surface area contributed by atoms with E-state index in [-0.39, 0.29) is 12.2 Å². The number of carbonyl (C=O) groups excluding carboxylic acids is 1. The molecule has 3 nitrogen and oxygen atoms in total. The number of fused-ring (bicyclic) bond motifs is 1. The molecule has 1 heterocycles. The normalized spacial score (nSPS) is 11.1. The van der Waals surface area contributed by atoms with E-state index in [4.69, 9.17) is 34.8 Å². The lowest BCUT2D eigenvalue weighted by atomic mass is 10.0. The van der Waals surface area contributed by atoms with Crippen LogP contribution in [0.5, 0.6) is 0 Å². The van der Waals surface area contributed by atoms with E-state index in [9.17, 15) is 9.18 Å². The molecule has 0 radical (unpaired) electrons. The number of nitrogens with one attached hydrogen (secondary N) is 1. The fourth-order valence-corrected chi connectivity index (χ4v) is 3.70. The van der Waals surface area contributed by atoms with Crippen molar-refractivity contribution in [2.75, 3.05) is 0 Å². The number of aromatic nitrogens is 2. The summed E-state index contributed by atoms with van der Waals surface area (Å²) in [5.74, 6) is -0.201. The molecule has 4 rings (SSSR count). The third-order valence-corrected chi connectivity index (χ3v) is 5.23. The third-order valence-electron chi connectivity index (χ3n) is 4.37. The summed E-state index contributed by atoms with van der Waals surface area (Å²) >= 11 is 18.2. The number of nitrogens with zero attached hydrogens (tertiary/aromatic N) is 1. The van der Waals surface area contributed by atoms with E-state index in [1.54, 1.807) is 42.5 Å². The first-order chi connectivity index (χ1) is 13.4. The molecular formula is C21H12Cl3FN2O. The number of ketones is 1. The summed E-state index contributed by atoms with van der Waals surface area (Å²) in [5.41, 5.74) is 2.66. The largest absolute Gasteiger partial charge is 0.338 e. The van der Waals surface area contributed by atoms with Gasteiger partial charge in [0, 0.05) is 17.0 Å². The van der Waals surface area contributed by atoms with Crippen LogP contribution >= 0.6 is 34.8 Å². The topological polar surface area (TPSA) is 45.8 Å². The van der Waals surface area contributed by atoms with E-state index < -0.39 is 5.82 Å². The smallest absolute Gasteiger partial charge is 0.167 e. The van der Waals surface area contributed by atoms with Crippen LogP contribution in [-0.2, 0) is 6.42 Å². The van der Waals surface area contributed by atoms with Gasteiger partial charge in [-0.1, -0.05) is 46.9 Å². The van der Waals surface area contributed by atoms with Crippen molar-refractivity contribution < 1.29 is 9.18 Å². The van der Waals surface area contributed by atoms with Crippen LogP contribution in [0, 0.1) is 5.82 Å². The highest BCUT2D eigenvalue weighted by molar-refractivity contribution is 6.39. The van der Waals surface area contributed by atoms with Crippen molar-refractivity contribution >= 4 is 51.6 Å². The predicted molar refractivity (Wildman–Crippen MR) is 111 cm³/mol. The molecule has 0 spiro atoms. The molecule has 0 fully saturated rings. The minimum Gasteiger partial charge on any atom is -0.338 e. The Balaban J connectivity index is 1.67. The number of benzene rings is 3. The average Bonchev–Trinajstić information content (AvgIpc) is 3.06. The molecular weight excluding hydrogens is 422 g/mol. The fourth-order valence-electron chi connectivity index (χ4n) is 2.97. The number of carbonyl (C=O) groups is 1. The van der Waals surface area contributed by atoms with Gasteiger partial charge in [0.25, 0.3) is 0 Å². The van der Waals surface area contributed by atoms with Crippen LogP contribution in [0.4, 0.5) is 4.39 Å². The quantitative estimate of drug-likeness (QED) is 0.362. The Labute approximate surface area is 175 Å². The Morgan fingerprint density at radius 2 is 1.75 bits per heavy atom. The second-order valence-corrected chi connectivity index (χ2v) is 7.50. The summed E-state index contributed by atoms with van der Waals surface area (Å²) in [6, 6.07) is 14.6. The first-order valence-corrected chi connectivity index (χ1v) is 9.47. The number of H-pyrrole nitrogens is 1. The Morgan fingerprint density at radius 3 is 2.46 bits per heavy atom. The molecule has 7 heteroatoms. The summed E-state index contributed by atoms with van der Waals surface area (Å²) in [6.07, 6.45) is -0.0636. The van der Waals surface area contributed by atoms with Crippen LogP contribution in [-0.4, -0.2) is 15.8 Å². The molecule has 0 amide bonds. The van der Waals surface area contributed by atoms with E-state index in [0.29, 0.717) is 48.6 Å². The second-order valence-electron chi connectivity index (χ2n) is 6.25. The van der Waals surface area contributed by atoms with Crippen molar-refractivity contribution in [2.45, 2.75) is 6.42 Å². The van der Waals surface area contributed by atoms with E-state index in [1.165, 1.54) is 12.1 Å². The lowest BCUT2D eigenvalue weighted by Crippen LogP contribution is -2.05. The van der Waals surface area contributed by atoms with Gasteiger partial charge < -0.3 is 4.98 Å². The van der Waals surface area contributed by atoms with Crippen LogP contribution in [0.2, 0.25) is 15.1 Å². The highest BCUT2D eigenvalue weighted by Crippen LogP contribution is 2.34. The van der Waals surface area contributed by atoms with E-state index >= 15 is 0 Å². The van der Waals surface area contributed by atoms with Crippen LogP contribution in [0.15, 0.2) is 54.6 Å². The summed E-state index contributed by atoms with van der Waals surface area (Å²) in [4.78, 5) is 20.3. The van der Waals surface area contributed by atoms with Gasteiger partial charge in [-0.2, -0.15) is 0 Å². The zero-order valence-corrected chi connectivity index (χ0v) is 16.5. The molecule has 0 unspecified atom stereocenters. The molecule has 1 N–H and O–H groups in total. The molecule has 0 bridgehead atoms. The maximum atomic E-state index is 14.0. The van der Waals surface area contributed by atoms with Gasteiger partial charge >= 0.3 is 0 Å². The number of hydrogen-bond donors (Lipinski definition) is 1. The Bertz CT molecular complexity index is 1200. The van der Waals surface area contributed by atoms with Gasteiger partial charge in [0.1, 0.15) is 11.6 Å². The number of halogens is 4. The molecule has 0 aliphatic carbocycles. The molecule has 0 aliphatic heterocycles. The lowest BCUT2D eigenvalue weighted by Gasteiger charge is -2.04. The van der Waals surface area contributed by atoms with Crippen LogP contribution in [0.3, 0.4) is 0 Å². The lowest BCUT2D eigenvalue weighted by molar-refractivity contribution is 0.0992. The molecule has 3 aromatic carbocycles. The first kappa shape index (κ1) is 18.9. The maximum Gasteiger partial charge on any atom is 0.167 e. The van der Waals surface area contributed by atoms with Crippen molar-refractivity contribution in [3.63, 3.8) is 0 Å². The Kier molecular flexibility index (Phi) is 5.11. The van der Waals surface area contributed by atoms with Gasteiger partial charge in [-0.3, -0.25) is 4.79 Å². The van der Waals surface area contributed by atoms with Crippen molar-refractivity contribution in [3.8, 4) is 11.4 Å². The van der Waals surface area contributed by atoms with Gasteiger partial charge in [-0.05, 0) is 48.0 Å². The minimum absolute atomic E-state index is 0.0636. The van der Waals surface area contributed by atoms with Gasteiger partial charge in [0.15, 0.2) is 5.78 Å². The summed E-state index contributed by atoms with van der Waals surface area (Å²) < 4.78 is 14.0. The van der Waals surface area contributed by atoms with E-state index in [2.05, 4.69) is 9.97 Å². The van der Waals surface area contributed by atoms with Gasteiger partial charge in [0.2, 0.25) is 0 Å². The van der Waals surface area contributed by atoms with Crippen LogP contribution in [0.1, 0.15) is 15.9 Å². The van der Waals surface area contributed by atoms with E-state index in [1.807, 2.05) is 0 Å². The zero-order valence-electron chi connectivity index (χ0n) is 14.3. The molecule has 0 aliphatic rings. The Hall–Kier alpha value is -2.40. The second kappa shape index (κ2) is 7.55. The van der Waals surface area contributed by atoms with E-state index in [0.717, 1.165) is 0 Å². The van der Waals surface area contributed by atoms with Crippen LogP contribution < -0.4 is 0 Å². The molecule has 28 heavy (non-hydrogen) atoms. The van der Waals surface area contributed by atoms with Crippen molar-refractivity contribution in [2.24, 2.45) is 0 Å². The molecule has 4 aromatic rings. The summed E-state index contributed by atoms with van der Waals surface area (Å²) in [7, 11) is 0. The molecule has 140 valence electrons. The standard InChI is InChI=1S/C21H12Cl3FN2O/c22-13-6-4-11(16(25)10-13)9-19(28)12-5-7-17-18(8-12)27-21(26-17)20-14(23)2-1-3-15(20)24/h1-8,10H,9H2,(H,26,27). The van der Waals surface area contributed by atoms with Gasteiger partial charge in [-0.15, -0.1) is 0 Å². The SMILES string of the molecule is O=C(Cc1ccc(Cl)cc1F)c1ccc2nc(-c3c(Cl)cccc3Cl)[nH]c2c1. The zero-order chi connectivity index (χ0) is 19.8. The molecule has 0 saturated heterocycles. The highest BCUT2D eigenvalue weighted by atomic mass is 35.5. The first-order valence-electron chi connectivity index (χ1n) is 8.33. The Morgan fingerprint density at radius 1 is 1.00 bits per heavy atom. The number of hydrogen-bond acceptors (Lipinski definition) is 2. The predicted octanol–water partition coefficient (Wildman–Crippen LogP) is 6.75. The molecule has 0 atom stereocenters. The maximum absolute atomic E-state index is 14.0. The number of rotatable bonds is 4. The molecule has 1 aromatic heterocycles. The van der Waals surface area contributed by atoms with Gasteiger partial charge in [-0.25, -0.2) is 9.37 Å². The minimum atomic E-state index is -0.501. The van der Waals surface area contributed by atoms with Gasteiger partial charge in [0.05, 0.1) is 26.6 Å². The average molecular weight is 434 g/mol. The van der Waals surface area contributed by atoms with Crippen LogP contribution in [0.25, 0.3) is 22.4 Å². The number of aromatic amines is 1. The summed E-state index contributed by atoms with van der Waals surface area (Å²) in [6.45, 7) is 0. The monoisotopic (exact) mass is 432 g/mol. The summed E-state index contributed by atoms with van der Waals surface area (Å²) in [5, 5.41) is 1.24.